The van der Waals surface area contributed by atoms with Crippen molar-refractivity contribution in [2.45, 2.75) is 51.4 Å². The van der Waals surface area contributed by atoms with E-state index in [-0.39, 0.29) is 11.5 Å². The highest BCUT2D eigenvalue weighted by molar-refractivity contribution is 5.02. The molecule has 0 aromatic rings. The highest BCUT2D eigenvalue weighted by Crippen LogP contribution is 2.42. The van der Waals surface area contributed by atoms with Crippen LogP contribution in [0, 0.1) is 5.92 Å². The Balaban J connectivity index is 2.54. The zero-order chi connectivity index (χ0) is 14.0. The number of hydrogen-bond donors (Lipinski definition) is 1. The molecule has 0 aliphatic carbocycles. The first kappa shape index (κ1) is 15.9. The van der Waals surface area contributed by atoms with Gasteiger partial charge in [0.2, 0.25) is 0 Å². The monoisotopic (exact) mass is 259 g/mol. The fourth-order valence-corrected chi connectivity index (χ4v) is 2.90. The second-order valence-corrected chi connectivity index (χ2v) is 6.47. The van der Waals surface area contributed by atoms with E-state index in [1.807, 2.05) is 13.8 Å². The summed E-state index contributed by atoms with van der Waals surface area (Å²) in [4.78, 5) is 2.25. The minimum atomic E-state index is -0.457. The summed E-state index contributed by atoms with van der Waals surface area (Å²) in [5.74, 6) is 0.139. The largest absolute Gasteiger partial charge is 0.390 e. The average Bonchev–Trinajstić information content (AvgIpc) is 2.37. The van der Waals surface area contributed by atoms with Gasteiger partial charge in [-0.25, -0.2) is 0 Å². The maximum atomic E-state index is 10.4. The molecule has 0 spiro atoms. The fraction of sp³-hybridized carbons (Fsp3) is 1.00. The van der Waals surface area contributed by atoms with Gasteiger partial charge in [0.15, 0.2) is 0 Å². The summed E-state index contributed by atoms with van der Waals surface area (Å²) in [6, 6.07) is 0. The molecule has 18 heavy (non-hydrogen) atoms. The van der Waals surface area contributed by atoms with Crippen LogP contribution in [0.25, 0.3) is 0 Å². The topological polar surface area (TPSA) is 41.9 Å². The van der Waals surface area contributed by atoms with Gasteiger partial charge in [0.1, 0.15) is 0 Å². The molecule has 4 nitrogen and oxygen atoms in total. The lowest BCUT2D eigenvalue weighted by molar-refractivity contribution is -0.0912. The lowest BCUT2D eigenvalue weighted by atomic mass is 9.84. The Kier molecular flexibility index (Phi) is 5.18. The van der Waals surface area contributed by atoms with Crippen molar-refractivity contribution in [1.29, 1.82) is 0 Å². The first-order valence-corrected chi connectivity index (χ1v) is 6.76. The Labute approximate surface area is 111 Å². The minimum Gasteiger partial charge on any atom is -0.390 e. The second-order valence-electron chi connectivity index (χ2n) is 6.47. The van der Waals surface area contributed by atoms with Gasteiger partial charge in [-0.05, 0) is 41.2 Å². The van der Waals surface area contributed by atoms with Crippen LogP contribution in [-0.2, 0) is 9.47 Å². The molecule has 0 aromatic heterocycles. The van der Waals surface area contributed by atoms with E-state index in [4.69, 9.17) is 9.47 Å². The minimum absolute atomic E-state index is 0.139. The number of nitrogens with zero attached hydrogens (tertiary/aromatic N) is 1. The molecule has 2 unspecified atom stereocenters. The van der Waals surface area contributed by atoms with E-state index in [2.05, 4.69) is 25.8 Å². The number of rotatable bonds is 6. The van der Waals surface area contributed by atoms with Gasteiger partial charge in [-0.15, -0.1) is 0 Å². The Morgan fingerprint density at radius 2 is 1.83 bits per heavy atom. The summed E-state index contributed by atoms with van der Waals surface area (Å²) in [6.07, 6.45) is 0.595. The molecule has 4 heteroatoms. The summed E-state index contributed by atoms with van der Waals surface area (Å²) < 4.78 is 11.0. The van der Waals surface area contributed by atoms with E-state index >= 15 is 0 Å². The number of hydrogen-bond acceptors (Lipinski definition) is 4. The van der Waals surface area contributed by atoms with Gasteiger partial charge in [-0.2, -0.15) is 0 Å². The van der Waals surface area contributed by atoms with Crippen LogP contribution in [-0.4, -0.2) is 61.2 Å². The Hall–Kier alpha value is -0.160. The van der Waals surface area contributed by atoms with Gasteiger partial charge >= 0.3 is 0 Å². The van der Waals surface area contributed by atoms with Gasteiger partial charge in [0, 0.05) is 32.7 Å². The van der Waals surface area contributed by atoms with Crippen LogP contribution in [0.4, 0.5) is 0 Å². The molecule has 1 saturated heterocycles. The van der Waals surface area contributed by atoms with Crippen LogP contribution in [0.5, 0.6) is 0 Å². The molecule has 1 N–H and O–H groups in total. The van der Waals surface area contributed by atoms with Crippen molar-refractivity contribution >= 4 is 0 Å². The summed E-state index contributed by atoms with van der Waals surface area (Å²) in [5.41, 5.74) is -0.736. The van der Waals surface area contributed by atoms with Gasteiger partial charge in [-0.3, -0.25) is 0 Å². The van der Waals surface area contributed by atoms with Crippen molar-refractivity contribution in [3.8, 4) is 0 Å². The van der Waals surface area contributed by atoms with Crippen molar-refractivity contribution in [3.63, 3.8) is 0 Å². The molecule has 0 aromatic carbocycles. The van der Waals surface area contributed by atoms with Crippen LogP contribution < -0.4 is 0 Å². The maximum Gasteiger partial charge on any atom is 0.0896 e. The molecule has 1 aliphatic heterocycles. The highest BCUT2D eigenvalue weighted by atomic mass is 16.5. The molecule has 0 radical (unpaired) electrons. The van der Waals surface area contributed by atoms with E-state index in [1.54, 1.807) is 7.11 Å². The lowest BCUT2D eigenvalue weighted by Gasteiger charge is -2.30. The molecule has 1 heterocycles. The molecular formula is C14H29NO3. The molecule has 0 bridgehead atoms. The summed E-state index contributed by atoms with van der Waals surface area (Å²) in [7, 11) is 3.81. The van der Waals surface area contributed by atoms with Crippen LogP contribution in [0.15, 0.2) is 0 Å². The molecule has 0 amide bonds. The SMILES string of the molecule is COCCCN(C)CC1C(O)C(C)(C)OC1(C)C. The number of aliphatic hydroxyl groups excluding tert-OH is 1. The third-order valence-electron chi connectivity index (χ3n) is 3.91. The standard InChI is InChI=1S/C14H29NO3/c1-13(2)11(12(16)14(3,4)18-13)10-15(5)8-7-9-17-6/h11-12,16H,7-10H2,1-6H3. The zero-order valence-corrected chi connectivity index (χ0v) is 12.7. The third-order valence-corrected chi connectivity index (χ3v) is 3.91. The Morgan fingerprint density at radius 1 is 1.22 bits per heavy atom. The predicted octanol–water partition coefficient (Wildman–Crippen LogP) is 1.52. The predicted molar refractivity (Wildman–Crippen MR) is 72.7 cm³/mol. The average molecular weight is 259 g/mol. The van der Waals surface area contributed by atoms with E-state index < -0.39 is 11.7 Å². The Morgan fingerprint density at radius 3 is 2.28 bits per heavy atom. The van der Waals surface area contributed by atoms with Crippen molar-refractivity contribution in [2.24, 2.45) is 5.92 Å². The summed E-state index contributed by atoms with van der Waals surface area (Å²) >= 11 is 0. The molecule has 1 aliphatic rings. The van der Waals surface area contributed by atoms with Crippen molar-refractivity contribution in [2.75, 3.05) is 33.9 Å². The molecule has 108 valence electrons. The molecule has 2 atom stereocenters. The van der Waals surface area contributed by atoms with E-state index in [9.17, 15) is 5.11 Å². The van der Waals surface area contributed by atoms with Crippen LogP contribution >= 0.6 is 0 Å². The van der Waals surface area contributed by atoms with Gasteiger partial charge in [0.25, 0.3) is 0 Å². The third kappa shape index (κ3) is 3.67. The molecular weight excluding hydrogens is 230 g/mol. The van der Waals surface area contributed by atoms with Crippen LogP contribution in [0.2, 0.25) is 0 Å². The van der Waals surface area contributed by atoms with Crippen LogP contribution in [0.1, 0.15) is 34.1 Å². The normalized spacial score (nSPS) is 30.0. The second kappa shape index (κ2) is 5.87. The summed E-state index contributed by atoms with van der Waals surface area (Å²) in [6.45, 7) is 10.7. The van der Waals surface area contributed by atoms with Gasteiger partial charge < -0.3 is 19.5 Å². The smallest absolute Gasteiger partial charge is 0.0896 e. The summed E-state index contributed by atoms with van der Waals surface area (Å²) in [5, 5.41) is 10.4. The number of ether oxygens (including phenoxy) is 2. The molecule has 0 saturated carbocycles. The van der Waals surface area contributed by atoms with E-state index in [1.165, 1.54) is 0 Å². The molecule has 1 rings (SSSR count). The van der Waals surface area contributed by atoms with Crippen LogP contribution in [0.3, 0.4) is 0 Å². The zero-order valence-electron chi connectivity index (χ0n) is 12.7. The fourth-order valence-electron chi connectivity index (χ4n) is 2.90. The number of aliphatic hydroxyl groups is 1. The van der Waals surface area contributed by atoms with Crippen molar-refractivity contribution in [1.82, 2.24) is 4.90 Å². The first-order chi connectivity index (χ1) is 8.20. The van der Waals surface area contributed by atoms with E-state index in [0.717, 1.165) is 26.1 Å². The maximum absolute atomic E-state index is 10.4. The van der Waals surface area contributed by atoms with E-state index in [0.29, 0.717) is 0 Å². The Bertz CT molecular complexity index is 266. The highest BCUT2D eigenvalue weighted by Gasteiger charge is 2.53. The molecule has 1 fully saturated rings. The van der Waals surface area contributed by atoms with Gasteiger partial charge in [-0.1, -0.05) is 0 Å². The quantitative estimate of drug-likeness (QED) is 0.734. The number of methoxy groups -OCH3 is 1. The first-order valence-electron chi connectivity index (χ1n) is 6.76. The van der Waals surface area contributed by atoms with Crippen molar-refractivity contribution in [3.05, 3.63) is 0 Å². The van der Waals surface area contributed by atoms with Crippen molar-refractivity contribution < 1.29 is 14.6 Å². The van der Waals surface area contributed by atoms with Gasteiger partial charge in [0.05, 0.1) is 17.3 Å². The lowest BCUT2D eigenvalue weighted by Crippen LogP contribution is -2.42.